The fourth-order valence-corrected chi connectivity index (χ4v) is 3.01. The minimum atomic E-state index is 0.00834. The molecule has 8 nitrogen and oxygen atoms in total. The van der Waals surface area contributed by atoms with Crippen molar-refractivity contribution < 1.29 is 18.9 Å². The first kappa shape index (κ1) is 25.3. The molecular formula is C24H36N4O4. The van der Waals surface area contributed by atoms with Crippen molar-refractivity contribution in [2.24, 2.45) is 4.99 Å². The van der Waals surface area contributed by atoms with Crippen LogP contribution in [0.25, 0.3) is 0 Å². The topological polar surface area (TPSA) is 86.2 Å². The van der Waals surface area contributed by atoms with Crippen LogP contribution in [0.5, 0.6) is 17.4 Å². The van der Waals surface area contributed by atoms with Gasteiger partial charge in [0.25, 0.3) is 0 Å². The summed E-state index contributed by atoms with van der Waals surface area (Å²) in [5.74, 6) is 2.78. The molecule has 1 heterocycles. The van der Waals surface area contributed by atoms with Gasteiger partial charge in [0.2, 0.25) is 5.88 Å². The average molecular weight is 445 g/mol. The summed E-state index contributed by atoms with van der Waals surface area (Å²) >= 11 is 0. The van der Waals surface area contributed by atoms with Crippen molar-refractivity contribution in [3.63, 3.8) is 0 Å². The Morgan fingerprint density at radius 3 is 2.53 bits per heavy atom. The highest BCUT2D eigenvalue weighted by atomic mass is 16.5. The van der Waals surface area contributed by atoms with E-state index in [1.165, 1.54) is 0 Å². The molecule has 0 fully saturated rings. The van der Waals surface area contributed by atoms with Crippen molar-refractivity contribution in [1.29, 1.82) is 0 Å². The normalized spacial score (nSPS) is 12.2. The molecule has 1 unspecified atom stereocenters. The number of aliphatic imine (C=N–C) groups is 1. The molecule has 0 aliphatic heterocycles. The highest BCUT2D eigenvalue weighted by Gasteiger charge is 2.13. The highest BCUT2D eigenvalue weighted by molar-refractivity contribution is 5.80. The second-order valence-electron chi connectivity index (χ2n) is 6.94. The lowest BCUT2D eigenvalue weighted by Gasteiger charge is -2.20. The zero-order chi connectivity index (χ0) is 23.2. The standard InChI is InChI=1S/C24H36N4O4/c1-6-25-24(27-17-20-10-9-13-26-23(20)32-15-14-29-5)28-18(4)19-11-12-21(30-7-2)22(16-19)31-8-3/h9-13,16,18H,6-8,14-15,17H2,1-5H3,(H2,25,27,28). The van der Waals surface area contributed by atoms with Crippen LogP contribution in [0.1, 0.15) is 44.9 Å². The van der Waals surface area contributed by atoms with E-state index in [0.717, 1.165) is 29.2 Å². The van der Waals surface area contributed by atoms with Crippen LogP contribution in [0.15, 0.2) is 41.5 Å². The molecule has 176 valence electrons. The van der Waals surface area contributed by atoms with Crippen LogP contribution in [-0.2, 0) is 11.3 Å². The number of aromatic nitrogens is 1. The van der Waals surface area contributed by atoms with Gasteiger partial charge < -0.3 is 29.6 Å². The summed E-state index contributed by atoms with van der Waals surface area (Å²) in [5.41, 5.74) is 1.99. The van der Waals surface area contributed by atoms with Crippen LogP contribution in [-0.4, -0.2) is 51.0 Å². The smallest absolute Gasteiger partial charge is 0.218 e. The minimum Gasteiger partial charge on any atom is -0.490 e. The second-order valence-corrected chi connectivity index (χ2v) is 6.94. The summed E-state index contributed by atoms with van der Waals surface area (Å²) in [6, 6.07) is 9.86. The molecule has 0 bridgehead atoms. The third kappa shape index (κ3) is 7.92. The quantitative estimate of drug-likeness (QED) is 0.277. The Morgan fingerprint density at radius 2 is 1.81 bits per heavy atom. The molecule has 0 amide bonds. The van der Waals surface area contributed by atoms with Crippen molar-refractivity contribution in [2.75, 3.05) is 40.1 Å². The van der Waals surface area contributed by atoms with Gasteiger partial charge in [-0.05, 0) is 51.5 Å². The SMILES string of the molecule is CCNC(=NCc1cccnc1OCCOC)NC(C)c1ccc(OCC)c(OCC)c1. The molecule has 1 aromatic heterocycles. The number of pyridine rings is 1. The molecule has 2 rings (SSSR count). The zero-order valence-corrected chi connectivity index (χ0v) is 19.8. The molecule has 0 saturated heterocycles. The van der Waals surface area contributed by atoms with Gasteiger partial charge in [-0.3, -0.25) is 0 Å². The Hall–Kier alpha value is -3.00. The van der Waals surface area contributed by atoms with Gasteiger partial charge in [0.15, 0.2) is 17.5 Å². The Labute approximate surface area is 191 Å². The van der Waals surface area contributed by atoms with Gasteiger partial charge in [-0.25, -0.2) is 9.98 Å². The summed E-state index contributed by atoms with van der Waals surface area (Å²) in [5, 5.41) is 6.76. The fourth-order valence-electron chi connectivity index (χ4n) is 3.01. The third-order valence-corrected chi connectivity index (χ3v) is 4.55. The van der Waals surface area contributed by atoms with Crippen molar-refractivity contribution in [2.45, 2.75) is 40.3 Å². The average Bonchev–Trinajstić information content (AvgIpc) is 2.80. The molecule has 1 atom stereocenters. The predicted molar refractivity (Wildman–Crippen MR) is 127 cm³/mol. The number of hydrogen-bond acceptors (Lipinski definition) is 6. The van der Waals surface area contributed by atoms with Crippen molar-refractivity contribution in [3.05, 3.63) is 47.7 Å². The summed E-state index contributed by atoms with van der Waals surface area (Å²) in [7, 11) is 1.64. The molecule has 32 heavy (non-hydrogen) atoms. The van der Waals surface area contributed by atoms with Crippen LogP contribution in [0.3, 0.4) is 0 Å². The van der Waals surface area contributed by atoms with Gasteiger partial charge in [0.05, 0.1) is 32.4 Å². The van der Waals surface area contributed by atoms with Gasteiger partial charge in [-0.2, -0.15) is 0 Å². The van der Waals surface area contributed by atoms with E-state index in [2.05, 4.69) is 22.5 Å². The van der Waals surface area contributed by atoms with Gasteiger partial charge in [-0.15, -0.1) is 0 Å². The van der Waals surface area contributed by atoms with Crippen molar-refractivity contribution in [3.8, 4) is 17.4 Å². The first-order chi connectivity index (χ1) is 15.6. The molecular weight excluding hydrogens is 408 g/mol. The second kappa shape index (κ2) is 14.1. The lowest BCUT2D eigenvalue weighted by molar-refractivity contribution is 0.143. The number of benzene rings is 1. The number of rotatable bonds is 13. The molecule has 0 radical (unpaired) electrons. The van der Waals surface area contributed by atoms with E-state index >= 15 is 0 Å². The Balaban J connectivity index is 2.13. The monoisotopic (exact) mass is 444 g/mol. The van der Waals surface area contributed by atoms with Crippen molar-refractivity contribution in [1.82, 2.24) is 15.6 Å². The summed E-state index contributed by atoms with van der Waals surface area (Å²) in [4.78, 5) is 9.05. The highest BCUT2D eigenvalue weighted by Crippen LogP contribution is 2.30. The zero-order valence-electron chi connectivity index (χ0n) is 19.8. The maximum atomic E-state index is 5.76. The van der Waals surface area contributed by atoms with Gasteiger partial charge >= 0.3 is 0 Å². The van der Waals surface area contributed by atoms with E-state index < -0.39 is 0 Å². The number of guanidine groups is 1. The molecule has 8 heteroatoms. The van der Waals surface area contributed by atoms with Crippen LogP contribution < -0.4 is 24.8 Å². The maximum Gasteiger partial charge on any atom is 0.218 e. The summed E-state index contributed by atoms with van der Waals surface area (Å²) < 4.78 is 22.2. The van der Waals surface area contributed by atoms with Gasteiger partial charge in [-0.1, -0.05) is 12.1 Å². The van der Waals surface area contributed by atoms with E-state index in [-0.39, 0.29) is 6.04 Å². The molecule has 0 saturated carbocycles. The summed E-state index contributed by atoms with van der Waals surface area (Å²) in [6.45, 7) is 11.4. The minimum absolute atomic E-state index is 0.00834. The van der Waals surface area contributed by atoms with Crippen molar-refractivity contribution >= 4 is 5.96 Å². The van der Waals surface area contributed by atoms with Crippen LogP contribution in [0.2, 0.25) is 0 Å². The molecule has 0 aliphatic carbocycles. The van der Waals surface area contributed by atoms with Gasteiger partial charge in [0.1, 0.15) is 6.61 Å². The van der Waals surface area contributed by atoms with Crippen LogP contribution >= 0.6 is 0 Å². The Morgan fingerprint density at radius 1 is 1.03 bits per heavy atom. The van der Waals surface area contributed by atoms with E-state index in [9.17, 15) is 0 Å². The largest absolute Gasteiger partial charge is 0.490 e. The third-order valence-electron chi connectivity index (χ3n) is 4.55. The lowest BCUT2D eigenvalue weighted by Crippen LogP contribution is -2.38. The van der Waals surface area contributed by atoms with Crippen LogP contribution in [0, 0.1) is 0 Å². The lowest BCUT2D eigenvalue weighted by atomic mass is 10.1. The summed E-state index contributed by atoms with van der Waals surface area (Å²) in [6.07, 6.45) is 1.71. The molecule has 2 N–H and O–H groups in total. The molecule has 2 aromatic rings. The Kier molecular flexibility index (Phi) is 11.2. The first-order valence-corrected chi connectivity index (χ1v) is 11.1. The number of ether oxygens (including phenoxy) is 4. The predicted octanol–water partition coefficient (Wildman–Crippen LogP) is 3.72. The van der Waals surface area contributed by atoms with E-state index in [1.54, 1.807) is 13.3 Å². The fraction of sp³-hybridized carbons (Fsp3) is 0.500. The van der Waals surface area contributed by atoms with Crippen LogP contribution in [0.4, 0.5) is 0 Å². The number of nitrogens with zero attached hydrogens (tertiary/aromatic N) is 2. The number of nitrogens with one attached hydrogen (secondary N) is 2. The molecule has 0 aliphatic rings. The van der Waals surface area contributed by atoms with Gasteiger partial charge in [0, 0.05) is 25.4 Å². The Bertz CT molecular complexity index is 844. The number of methoxy groups -OCH3 is 1. The molecule has 0 spiro atoms. The maximum absolute atomic E-state index is 5.76. The number of hydrogen-bond donors (Lipinski definition) is 2. The molecule has 1 aromatic carbocycles. The van der Waals surface area contributed by atoms with E-state index in [1.807, 2.05) is 51.1 Å². The first-order valence-electron chi connectivity index (χ1n) is 11.1. The van der Waals surface area contributed by atoms with E-state index in [4.69, 9.17) is 23.9 Å². The van der Waals surface area contributed by atoms with E-state index in [0.29, 0.717) is 44.8 Å².